The highest BCUT2D eigenvalue weighted by Gasteiger charge is 2.08. The SMILES string of the molecule is COC1=CC=CC[C@H]1C. The van der Waals surface area contributed by atoms with Gasteiger partial charge in [-0.05, 0) is 12.5 Å². The van der Waals surface area contributed by atoms with Gasteiger partial charge in [0.05, 0.1) is 12.9 Å². The Labute approximate surface area is 56.0 Å². The molecular formula is C8H12O. The van der Waals surface area contributed by atoms with Crippen molar-refractivity contribution in [3.05, 3.63) is 24.0 Å². The van der Waals surface area contributed by atoms with Gasteiger partial charge in [0.25, 0.3) is 0 Å². The molecule has 0 spiro atoms. The monoisotopic (exact) mass is 124 g/mol. The lowest BCUT2D eigenvalue weighted by Crippen LogP contribution is -2.02. The summed E-state index contributed by atoms with van der Waals surface area (Å²) in [6.07, 6.45) is 7.33. The van der Waals surface area contributed by atoms with E-state index < -0.39 is 0 Å². The summed E-state index contributed by atoms with van der Waals surface area (Å²) in [6.45, 7) is 2.17. The fraction of sp³-hybridized carbons (Fsp3) is 0.500. The first kappa shape index (κ1) is 6.40. The number of methoxy groups -OCH3 is 1. The van der Waals surface area contributed by atoms with Crippen molar-refractivity contribution in [2.24, 2.45) is 5.92 Å². The van der Waals surface area contributed by atoms with Crippen LogP contribution in [0.25, 0.3) is 0 Å². The average Bonchev–Trinajstić information content (AvgIpc) is 1.89. The number of allylic oxidation sites excluding steroid dienone is 4. The molecule has 9 heavy (non-hydrogen) atoms. The van der Waals surface area contributed by atoms with Gasteiger partial charge in [0.15, 0.2) is 0 Å². The van der Waals surface area contributed by atoms with Crippen LogP contribution >= 0.6 is 0 Å². The molecule has 0 saturated heterocycles. The van der Waals surface area contributed by atoms with Gasteiger partial charge in [-0.15, -0.1) is 0 Å². The van der Waals surface area contributed by atoms with Crippen molar-refractivity contribution in [3.63, 3.8) is 0 Å². The van der Waals surface area contributed by atoms with Crippen molar-refractivity contribution >= 4 is 0 Å². The molecule has 0 heterocycles. The number of rotatable bonds is 1. The van der Waals surface area contributed by atoms with E-state index in [1.165, 1.54) is 0 Å². The summed E-state index contributed by atoms with van der Waals surface area (Å²) in [6, 6.07) is 0. The van der Waals surface area contributed by atoms with E-state index >= 15 is 0 Å². The van der Waals surface area contributed by atoms with Gasteiger partial charge in [-0.2, -0.15) is 0 Å². The summed E-state index contributed by atoms with van der Waals surface area (Å²) in [5.41, 5.74) is 0. The molecule has 0 aromatic rings. The van der Waals surface area contributed by atoms with Crippen LogP contribution in [0, 0.1) is 5.92 Å². The topological polar surface area (TPSA) is 9.23 Å². The smallest absolute Gasteiger partial charge is 0.0986 e. The van der Waals surface area contributed by atoms with E-state index in [2.05, 4.69) is 13.0 Å². The first-order chi connectivity index (χ1) is 4.34. The van der Waals surface area contributed by atoms with Crippen molar-refractivity contribution in [1.29, 1.82) is 0 Å². The highest BCUT2D eigenvalue weighted by molar-refractivity contribution is 5.15. The molecule has 0 aromatic carbocycles. The van der Waals surface area contributed by atoms with Crippen molar-refractivity contribution in [1.82, 2.24) is 0 Å². The molecule has 0 aromatic heterocycles. The quantitative estimate of drug-likeness (QED) is 0.520. The van der Waals surface area contributed by atoms with Crippen LogP contribution in [0.15, 0.2) is 24.0 Å². The molecule has 1 aliphatic rings. The molecule has 0 saturated carbocycles. The van der Waals surface area contributed by atoms with E-state index in [0.29, 0.717) is 5.92 Å². The Morgan fingerprint density at radius 3 is 2.89 bits per heavy atom. The fourth-order valence-electron chi connectivity index (χ4n) is 0.995. The lowest BCUT2D eigenvalue weighted by molar-refractivity contribution is 0.246. The summed E-state index contributed by atoms with van der Waals surface area (Å²) in [5, 5.41) is 0. The van der Waals surface area contributed by atoms with E-state index in [-0.39, 0.29) is 0 Å². The Morgan fingerprint density at radius 2 is 2.44 bits per heavy atom. The minimum atomic E-state index is 0.569. The zero-order chi connectivity index (χ0) is 6.69. The number of hydrogen-bond donors (Lipinski definition) is 0. The zero-order valence-corrected chi connectivity index (χ0v) is 5.92. The van der Waals surface area contributed by atoms with Crippen molar-refractivity contribution < 1.29 is 4.74 Å². The van der Waals surface area contributed by atoms with Crippen molar-refractivity contribution in [2.75, 3.05) is 7.11 Å². The lowest BCUT2D eigenvalue weighted by atomic mass is 10.0. The fourth-order valence-corrected chi connectivity index (χ4v) is 0.995. The van der Waals surface area contributed by atoms with Crippen molar-refractivity contribution in [2.45, 2.75) is 13.3 Å². The second-order valence-corrected chi connectivity index (χ2v) is 2.34. The third kappa shape index (κ3) is 1.35. The van der Waals surface area contributed by atoms with Crippen LogP contribution in [-0.4, -0.2) is 7.11 Å². The third-order valence-electron chi connectivity index (χ3n) is 1.61. The summed E-state index contributed by atoms with van der Waals surface area (Å²) in [4.78, 5) is 0. The Kier molecular flexibility index (Phi) is 1.93. The van der Waals surface area contributed by atoms with Crippen LogP contribution in [0.2, 0.25) is 0 Å². The highest BCUT2D eigenvalue weighted by Crippen LogP contribution is 2.19. The minimum Gasteiger partial charge on any atom is -0.501 e. The lowest BCUT2D eigenvalue weighted by Gasteiger charge is -2.14. The molecule has 1 atom stereocenters. The van der Waals surface area contributed by atoms with Crippen LogP contribution in [0.4, 0.5) is 0 Å². The molecule has 0 radical (unpaired) electrons. The van der Waals surface area contributed by atoms with Gasteiger partial charge in [-0.3, -0.25) is 0 Å². The molecule has 0 fully saturated rings. The van der Waals surface area contributed by atoms with Gasteiger partial charge in [0, 0.05) is 5.92 Å². The molecular weight excluding hydrogens is 112 g/mol. The Balaban J connectivity index is 2.63. The van der Waals surface area contributed by atoms with Gasteiger partial charge in [0.1, 0.15) is 0 Å². The Hall–Kier alpha value is -0.720. The molecule has 1 rings (SSSR count). The summed E-state index contributed by atoms with van der Waals surface area (Å²) >= 11 is 0. The maximum atomic E-state index is 5.11. The molecule has 50 valence electrons. The molecule has 0 amide bonds. The zero-order valence-electron chi connectivity index (χ0n) is 5.92. The molecule has 0 unspecified atom stereocenters. The maximum Gasteiger partial charge on any atom is 0.0986 e. The van der Waals surface area contributed by atoms with Crippen LogP contribution in [0.3, 0.4) is 0 Å². The molecule has 1 aliphatic carbocycles. The molecule has 1 heteroatoms. The van der Waals surface area contributed by atoms with Crippen LogP contribution in [0.5, 0.6) is 0 Å². The van der Waals surface area contributed by atoms with Gasteiger partial charge in [-0.25, -0.2) is 0 Å². The Morgan fingerprint density at radius 1 is 1.67 bits per heavy atom. The normalized spacial score (nSPS) is 25.6. The highest BCUT2D eigenvalue weighted by atomic mass is 16.5. The number of ether oxygens (including phenoxy) is 1. The molecule has 0 N–H and O–H groups in total. The summed E-state index contributed by atoms with van der Waals surface area (Å²) < 4.78 is 5.11. The van der Waals surface area contributed by atoms with Gasteiger partial charge >= 0.3 is 0 Å². The third-order valence-corrected chi connectivity index (χ3v) is 1.61. The minimum absolute atomic E-state index is 0.569. The largest absolute Gasteiger partial charge is 0.501 e. The van der Waals surface area contributed by atoms with E-state index in [4.69, 9.17) is 4.74 Å². The van der Waals surface area contributed by atoms with Crippen molar-refractivity contribution in [3.8, 4) is 0 Å². The first-order valence-corrected chi connectivity index (χ1v) is 3.25. The van der Waals surface area contributed by atoms with E-state index in [9.17, 15) is 0 Å². The molecule has 0 aliphatic heterocycles. The van der Waals surface area contributed by atoms with E-state index in [1.807, 2.05) is 12.2 Å². The van der Waals surface area contributed by atoms with Crippen LogP contribution in [0.1, 0.15) is 13.3 Å². The Bertz CT molecular complexity index is 145. The average molecular weight is 124 g/mol. The summed E-state index contributed by atoms with van der Waals surface area (Å²) in [7, 11) is 1.72. The maximum absolute atomic E-state index is 5.11. The second-order valence-electron chi connectivity index (χ2n) is 2.34. The van der Waals surface area contributed by atoms with E-state index in [0.717, 1.165) is 12.2 Å². The van der Waals surface area contributed by atoms with Gasteiger partial charge in [0.2, 0.25) is 0 Å². The predicted octanol–water partition coefficient (Wildman–Crippen LogP) is 2.11. The second kappa shape index (κ2) is 2.72. The van der Waals surface area contributed by atoms with Gasteiger partial charge < -0.3 is 4.74 Å². The van der Waals surface area contributed by atoms with Crippen LogP contribution < -0.4 is 0 Å². The van der Waals surface area contributed by atoms with E-state index in [1.54, 1.807) is 7.11 Å². The van der Waals surface area contributed by atoms with Crippen LogP contribution in [-0.2, 0) is 4.74 Å². The molecule has 0 bridgehead atoms. The predicted molar refractivity (Wildman–Crippen MR) is 38.0 cm³/mol. The molecule has 1 nitrogen and oxygen atoms in total. The standard InChI is InChI=1S/C8H12O/c1-7-5-3-4-6-8(7)9-2/h3-4,6-7H,5H2,1-2H3/t7-/m1/s1. The summed E-state index contributed by atoms with van der Waals surface area (Å²) in [5.74, 6) is 1.66. The first-order valence-electron chi connectivity index (χ1n) is 3.25. The number of hydrogen-bond acceptors (Lipinski definition) is 1. The van der Waals surface area contributed by atoms with Gasteiger partial charge in [-0.1, -0.05) is 19.1 Å².